The van der Waals surface area contributed by atoms with Crippen LogP contribution in [0.4, 0.5) is 4.39 Å². The van der Waals surface area contributed by atoms with E-state index in [1.807, 2.05) is 0 Å². The van der Waals surface area contributed by atoms with E-state index < -0.39 is 29.9 Å². The number of furan rings is 1. The molecule has 1 saturated heterocycles. The van der Waals surface area contributed by atoms with Crippen molar-refractivity contribution in [2.45, 2.75) is 26.1 Å². The van der Waals surface area contributed by atoms with E-state index in [0.717, 1.165) is 0 Å². The van der Waals surface area contributed by atoms with Crippen molar-refractivity contribution in [1.82, 2.24) is 4.90 Å². The third-order valence-electron chi connectivity index (χ3n) is 3.92. The molecule has 0 spiro atoms. The maximum Gasteiger partial charge on any atom is 0.334 e. The third kappa shape index (κ3) is 2.79. The molecule has 1 N–H and O–H groups in total. The Bertz CT molecular complexity index is 784. The average Bonchev–Trinajstić information content (AvgIpc) is 2.82. The zero-order chi connectivity index (χ0) is 16.7. The van der Waals surface area contributed by atoms with Crippen molar-refractivity contribution in [1.29, 1.82) is 0 Å². The minimum absolute atomic E-state index is 0.0522. The molecular formula is C16H16FNO5. The largest absolute Gasteiger partial charge is 0.479 e. The van der Waals surface area contributed by atoms with Gasteiger partial charge in [-0.2, -0.15) is 0 Å². The van der Waals surface area contributed by atoms with Crippen LogP contribution in [-0.2, 0) is 9.53 Å². The highest BCUT2D eigenvalue weighted by molar-refractivity contribution is 5.99. The van der Waals surface area contributed by atoms with Gasteiger partial charge >= 0.3 is 5.97 Å². The number of hydrogen-bond acceptors (Lipinski definition) is 4. The Balaban J connectivity index is 1.93. The number of aliphatic carboxylic acids is 1. The van der Waals surface area contributed by atoms with Crippen LogP contribution in [0, 0.1) is 12.7 Å². The molecule has 2 aromatic rings. The van der Waals surface area contributed by atoms with E-state index in [0.29, 0.717) is 16.5 Å². The van der Waals surface area contributed by atoms with Gasteiger partial charge in [0.05, 0.1) is 12.6 Å². The first kappa shape index (κ1) is 15.5. The lowest BCUT2D eigenvalue weighted by molar-refractivity contribution is -0.160. The van der Waals surface area contributed by atoms with Crippen molar-refractivity contribution in [3.8, 4) is 0 Å². The molecule has 7 heteroatoms. The first-order valence-corrected chi connectivity index (χ1v) is 7.23. The van der Waals surface area contributed by atoms with E-state index in [1.54, 1.807) is 13.8 Å². The van der Waals surface area contributed by atoms with E-state index in [2.05, 4.69) is 0 Å². The number of ether oxygens (including phenoxy) is 1. The van der Waals surface area contributed by atoms with Gasteiger partial charge in [-0.25, -0.2) is 9.18 Å². The second kappa shape index (κ2) is 5.66. The number of carbonyl (C=O) groups is 2. The van der Waals surface area contributed by atoms with Crippen LogP contribution in [0.2, 0.25) is 0 Å². The number of benzene rings is 1. The molecule has 0 aliphatic carbocycles. The Morgan fingerprint density at radius 3 is 2.78 bits per heavy atom. The van der Waals surface area contributed by atoms with Gasteiger partial charge in [-0.05, 0) is 32.0 Å². The highest BCUT2D eigenvalue weighted by Gasteiger charge is 2.34. The predicted octanol–water partition coefficient (Wildman–Crippen LogP) is 2.19. The van der Waals surface area contributed by atoms with Gasteiger partial charge in [0.1, 0.15) is 11.4 Å². The summed E-state index contributed by atoms with van der Waals surface area (Å²) in [6, 6.07) is 4.04. The van der Waals surface area contributed by atoms with Crippen LogP contribution < -0.4 is 0 Å². The number of morpholine rings is 1. The molecule has 1 unspecified atom stereocenters. The summed E-state index contributed by atoms with van der Waals surface area (Å²) in [5.74, 6) is -1.84. The number of hydrogen-bond donors (Lipinski definition) is 1. The van der Waals surface area contributed by atoms with Crippen molar-refractivity contribution in [3.63, 3.8) is 0 Å². The number of aryl methyl sites for hydroxylation is 1. The number of carbonyl (C=O) groups excluding carboxylic acids is 1. The molecule has 2 heterocycles. The standard InChI is InChI=1S/C16H16FNO5/c1-8-6-18(7-13(22-8)16(20)21)15(19)14-9(2)11-5-10(17)3-4-12(11)23-14/h3-5,8,13H,6-7H2,1-2H3,(H,20,21)/t8-,13?/m1/s1. The lowest BCUT2D eigenvalue weighted by Crippen LogP contribution is -2.51. The highest BCUT2D eigenvalue weighted by atomic mass is 19.1. The summed E-state index contributed by atoms with van der Waals surface area (Å²) >= 11 is 0. The average molecular weight is 321 g/mol. The first-order chi connectivity index (χ1) is 10.9. The fourth-order valence-electron chi connectivity index (χ4n) is 2.79. The summed E-state index contributed by atoms with van der Waals surface area (Å²) in [5, 5.41) is 9.63. The van der Waals surface area contributed by atoms with E-state index in [1.165, 1.54) is 23.1 Å². The van der Waals surface area contributed by atoms with Crippen LogP contribution in [0.5, 0.6) is 0 Å². The Kier molecular flexibility index (Phi) is 3.81. The summed E-state index contributed by atoms with van der Waals surface area (Å²) in [5.41, 5.74) is 0.957. The molecule has 0 bridgehead atoms. The van der Waals surface area contributed by atoms with Crippen LogP contribution in [0.25, 0.3) is 11.0 Å². The molecule has 122 valence electrons. The van der Waals surface area contributed by atoms with Gasteiger partial charge in [-0.3, -0.25) is 4.79 Å². The number of halogens is 1. The molecule has 1 fully saturated rings. The highest BCUT2D eigenvalue weighted by Crippen LogP contribution is 2.27. The molecule has 1 amide bonds. The van der Waals surface area contributed by atoms with E-state index in [9.17, 15) is 14.0 Å². The summed E-state index contributed by atoms with van der Waals surface area (Å²) in [7, 11) is 0. The summed E-state index contributed by atoms with van der Waals surface area (Å²) in [6.07, 6.45) is -1.46. The molecule has 0 radical (unpaired) electrons. The zero-order valence-electron chi connectivity index (χ0n) is 12.7. The number of carboxylic acid groups (broad SMARTS) is 1. The van der Waals surface area contributed by atoms with Crippen molar-refractivity contribution in [3.05, 3.63) is 35.3 Å². The quantitative estimate of drug-likeness (QED) is 0.917. The zero-order valence-corrected chi connectivity index (χ0v) is 12.7. The lowest BCUT2D eigenvalue weighted by Gasteiger charge is -2.34. The molecule has 0 saturated carbocycles. The maximum absolute atomic E-state index is 13.4. The lowest BCUT2D eigenvalue weighted by atomic mass is 10.1. The minimum Gasteiger partial charge on any atom is -0.479 e. The topological polar surface area (TPSA) is 80.0 Å². The Morgan fingerprint density at radius 1 is 1.35 bits per heavy atom. The Morgan fingerprint density at radius 2 is 2.09 bits per heavy atom. The Hall–Kier alpha value is -2.41. The second-order valence-corrected chi connectivity index (χ2v) is 5.68. The number of nitrogens with zero attached hydrogens (tertiary/aromatic N) is 1. The summed E-state index contributed by atoms with van der Waals surface area (Å²) < 4.78 is 24.2. The Labute approximate surface area is 131 Å². The molecule has 23 heavy (non-hydrogen) atoms. The van der Waals surface area contributed by atoms with Gasteiger partial charge in [0.15, 0.2) is 11.9 Å². The summed E-state index contributed by atoms with van der Waals surface area (Å²) in [6.45, 7) is 3.60. The number of fused-ring (bicyclic) bond motifs is 1. The third-order valence-corrected chi connectivity index (χ3v) is 3.92. The summed E-state index contributed by atoms with van der Waals surface area (Å²) in [4.78, 5) is 25.2. The smallest absolute Gasteiger partial charge is 0.334 e. The van der Waals surface area contributed by atoms with Gasteiger partial charge in [0, 0.05) is 17.5 Å². The van der Waals surface area contributed by atoms with Gasteiger partial charge in [-0.15, -0.1) is 0 Å². The van der Waals surface area contributed by atoms with Gasteiger partial charge in [0.25, 0.3) is 5.91 Å². The van der Waals surface area contributed by atoms with Crippen LogP contribution >= 0.6 is 0 Å². The number of carboxylic acids is 1. The van der Waals surface area contributed by atoms with Gasteiger partial charge in [-0.1, -0.05) is 0 Å². The molecule has 1 aliphatic heterocycles. The SMILES string of the molecule is Cc1c(C(=O)N2CC(C(=O)O)O[C@H](C)C2)oc2ccc(F)cc12. The van der Waals surface area contributed by atoms with Crippen molar-refractivity contribution < 1.29 is 28.2 Å². The van der Waals surface area contributed by atoms with Crippen LogP contribution in [-0.4, -0.2) is 47.2 Å². The first-order valence-electron chi connectivity index (χ1n) is 7.23. The molecular weight excluding hydrogens is 305 g/mol. The van der Waals surface area contributed by atoms with Crippen LogP contribution in [0.3, 0.4) is 0 Å². The minimum atomic E-state index is -1.11. The van der Waals surface area contributed by atoms with E-state index >= 15 is 0 Å². The van der Waals surface area contributed by atoms with Crippen LogP contribution in [0.15, 0.2) is 22.6 Å². The molecule has 1 aromatic carbocycles. The van der Waals surface area contributed by atoms with Gasteiger partial charge in [0.2, 0.25) is 0 Å². The van der Waals surface area contributed by atoms with Crippen molar-refractivity contribution in [2.24, 2.45) is 0 Å². The van der Waals surface area contributed by atoms with E-state index in [-0.39, 0.29) is 18.8 Å². The fourth-order valence-corrected chi connectivity index (χ4v) is 2.79. The number of rotatable bonds is 2. The molecule has 1 aliphatic rings. The molecule has 2 atom stereocenters. The number of amides is 1. The fraction of sp³-hybridized carbons (Fsp3) is 0.375. The maximum atomic E-state index is 13.4. The van der Waals surface area contributed by atoms with E-state index in [4.69, 9.17) is 14.3 Å². The second-order valence-electron chi connectivity index (χ2n) is 5.68. The van der Waals surface area contributed by atoms with Crippen LogP contribution in [0.1, 0.15) is 23.0 Å². The monoisotopic (exact) mass is 321 g/mol. The predicted molar refractivity (Wildman–Crippen MR) is 78.8 cm³/mol. The molecule has 3 rings (SSSR count). The van der Waals surface area contributed by atoms with Crippen molar-refractivity contribution >= 4 is 22.8 Å². The molecule has 6 nitrogen and oxygen atoms in total. The van der Waals surface area contributed by atoms with Gasteiger partial charge < -0.3 is 19.2 Å². The van der Waals surface area contributed by atoms with Crippen molar-refractivity contribution in [2.75, 3.05) is 13.1 Å². The normalized spacial score (nSPS) is 21.6. The molecule has 1 aromatic heterocycles.